The normalized spacial score (nSPS) is 12.0. The number of hydrogen-bond donors (Lipinski definition) is 0. The molecule has 0 unspecified atom stereocenters. The van der Waals surface area contributed by atoms with Gasteiger partial charge in [0.2, 0.25) is 5.78 Å². The minimum atomic E-state index is -4.60. The van der Waals surface area contributed by atoms with Crippen LogP contribution in [0.3, 0.4) is 0 Å². The first-order chi connectivity index (χ1) is 7.87. The lowest BCUT2D eigenvalue weighted by molar-refractivity contribution is -0.125. The largest absolute Gasteiger partial charge is 0.450 e. The molecule has 0 spiro atoms. The molecule has 0 bridgehead atoms. The third kappa shape index (κ3) is 2.46. The lowest BCUT2D eigenvalue weighted by atomic mass is 10.2. The number of furan rings is 1. The average Bonchev–Trinajstić information content (AvgIpc) is 2.60. The first kappa shape index (κ1) is 11.6. The van der Waals surface area contributed by atoms with Gasteiger partial charge in [-0.15, -0.1) is 0 Å². The first-order valence-electron chi connectivity index (χ1n) is 4.65. The summed E-state index contributed by atoms with van der Waals surface area (Å²) in [5.41, 5.74) is -0.210. The highest BCUT2D eigenvalue weighted by Gasteiger charge is 2.33. The molecule has 0 atom stereocenters. The molecule has 0 saturated carbocycles. The van der Waals surface area contributed by atoms with E-state index in [0.717, 1.165) is 12.1 Å². The van der Waals surface area contributed by atoms with Crippen molar-refractivity contribution in [3.63, 3.8) is 0 Å². The Morgan fingerprint density at radius 1 is 1.29 bits per heavy atom. The van der Waals surface area contributed by atoms with Crippen molar-refractivity contribution in [1.82, 2.24) is 0 Å². The lowest BCUT2D eigenvalue weighted by Crippen LogP contribution is -2.14. The second kappa shape index (κ2) is 3.87. The van der Waals surface area contributed by atoms with Crippen LogP contribution in [-0.4, -0.2) is 12.0 Å². The van der Waals surface area contributed by atoms with Gasteiger partial charge >= 0.3 is 6.18 Å². The van der Waals surface area contributed by atoms with Crippen molar-refractivity contribution < 1.29 is 26.8 Å². The number of carbonyl (C=O) groups excluding carboxylic acids is 1. The zero-order chi connectivity index (χ0) is 12.6. The number of rotatable bonds is 2. The van der Waals surface area contributed by atoms with Crippen molar-refractivity contribution in [1.29, 1.82) is 0 Å². The molecule has 0 aliphatic carbocycles. The number of halogens is 4. The monoisotopic (exact) mass is 246 g/mol. The summed E-state index contributed by atoms with van der Waals surface area (Å²) in [6.45, 7) is 0. The number of alkyl halides is 3. The maximum Gasteiger partial charge on any atom is 0.396 e. The second-order valence-electron chi connectivity index (χ2n) is 3.48. The number of fused-ring (bicyclic) bond motifs is 1. The molecule has 0 fully saturated rings. The van der Waals surface area contributed by atoms with E-state index in [9.17, 15) is 22.4 Å². The number of ketones is 1. The maximum absolute atomic E-state index is 13.2. The summed E-state index contributed by atoms with van der Waals surface area (Å²) < 4.78 is 53.9. The fraction of sp³-hybridized carbons (Fsp3) is 0.182. The van der Waals surface area contributed by atoms with Crippen molar-refractivity contribution in [2.45, 2.75) is 12.6 Å². The van der Waals surface area contributed by atoms with Crippen LogP contribution in [0.25, 0.3) is 11.0 Å². The summed E-state index contributed by atoms with van der Waals surface area (Å²) in [5, 5.41) is 0.260. The molecule has 0 aliphatic heterocycles. The van der Waals surface area contributed by atoms with Crippen LogP contribution in [0.1, 0.15) is 17.0 Å². The Morgan fingerprint density at radius 2 is 2.00 bits per heavy atom. The molecule has 1 aromatic carbocycles. The van der Waals surface area contributed by atoms with Crippen molar-refractivity contribution in [3.05, 3.63) is 35.8 Å². The van der Waals surface area contributed by atoms with Gasteiger partial charge in [0.1, 0.15) is 6.42 Å². The predicted octanol–water partition coefficient (Wildman–Crippen LogP) is 3.71. The molecule has 2 aromatic rings. The highest BCUT2D eigenvalue weighted by atomic mass is 19.4. The summed E-state index contributed by atoms with van der Waals surface area (Å²) in [4.78, 5) is 11.2. The van der Waals surface area contributed by atoms with Crippen LogP contribution < -0.4 is 0 Å². The highest BCUT2D eigenvalue weighted by molar-refractivity contribution is 5.97. The topological polar surface area (TPSA) is 30.2 Å². The van der Waals surface area contributed by atoms with Crippen molar-refractivity contribution in [3.8, 4) is 0 Å². The number of hydrogen-bond acceptors (Lipinski definition) is 2. The smallest absolute Gasteiger partial charge is 0.396 e. The van der Waals surface area contributed by atoms with Gasteiger partial charge in [-0.3, -0.25) is 4.79 Å². The summed E-state index contributed by atoms with van der Waals surface area (Å²) in [6, 6.07) is 5.04. The van der Waals surface area contributed by atoms with Crippen LogP contribution in [-0.2, 0) is 0 Å². The van der Waals surface area contributed by atoms with E-state index >= 15 is 0 Å². The zero-order valence-corrected chi connectivity index (χ0v) is 8.34. The van der Waals surface area contributed by atoms with Crippen LogP contribution in [0.4, 0.5) is 17.6 Å². The second-order valence-corrected chi connectivity index (χ2v) is 3.48. The number of Topliss-reactive ketones (excluding diaryl/α,β-unsaturated/α-hetero) is 1. The summed E-state index contributed by atoms with van der Waals surface area (Å²) in [7, 11) is 0. The Balaban J connectivity index is 2.37. The van der Waals surface area contributed by atoms with Crippen molar-refractivity contribution >= 4 is 16.8 Å². The molecule has 1 aromatic heterocycles. The van der Waals surface area contributed by atoms with Crippen LogP contribution in [0.2, 0.25) is 0 Å². The fourth-order valence-electron chi connectivity index (χ4n) is 1.43. The minimum Gasteiger partial charge on any atom is -0.450 e. The van der Waals surface area contributed by atoms with Crippen molar-refractivity contribution in [2.24, 2.45) is 0 Å². The number of benzene rings is 1. The molecule has 2 nitrogen and oxygen atoms in total. The zero-order valence-electron chi connectivity index (χ0n) is 8.34. The molecule has 0 N–H and O–H groups in total. The maximum atomic E-state index is 13.2. The molecule has 90 valence electrons. The molecule has 6 heteroatoms. The van der Waals surface area contributed by atoms with Crippen LogP contribution in [0.15, 0.2) is 28.7 Å². The standard InChI is InChI=1S/C11H6F4O2/c12-7-3-1-2-6-4-9(17-10(6)7)8(16)5-11(13,14)15/h1-4H,5H2. The lowest BCUT2D eigenvalue weighted by Gasteiger charge is -2.02. The molecule has 0 aliphatic rings. The van der Waals surface area contributed by atoms with E-state index in [1.165, 1.54) is 12.1 Å². The molecule has 2 rings (SSSR count). The van der Waals surface area contributed by atoms with Gasteiger partial charge in [-0.1, -0.05) is 12.1 Å². The van der Waals surface area contributed by atoms with Crippen LogP contribution in [0, 0.1) is 5.82 Å². The summed E-state index contributed by atoms with van der Waals surface area (Å²) >= 11 is 0. The van der Waals surface area contributed by atoms with E-state index < -0.39 is 30.0 Å². The number of carbonyl (C=O) groups is 1. The Morgan fingerprint density at radius 3 is 2.59 bits per heavy atom. The van der Waals surface area contributed by atoms with E-state index in [1.54, 1.807) is 0 Å². The molecule has 0 amide bonds. The first-order valence-corrected chi connectivity index (χ1v) is 4.65. The summed E-state index contributed by atoms with van der Waals surface area (Å²) in [5.74, 6) is -2.41. The van der Waals surface area contributed by atoms with Gasteiger partial charge in [-0.2, -0.15) is 13.2 Å². The molecule has 0 radical (unpaired) electrons. The Labute approximate surface area is 92.8 Å². The SMILES string of the molecule is O=C(CC(F)(F)F)c1cc2cccc(F)c2o1. The van der Waals surface area contributed by atoms with E-state index in [2.05, 4.69) is 0 Å². The van der Waals surface area contributed by atoms with Gasteiger partial charge in [-0.05, 0) is 12.1 Å². The minimum absolute atomic E-state index is 0.210. The molecular formula is C11H6F4O2. The van der Waals surface area contributed by atoms with Crippen LogP contribution >= 0.6 is 0 Å². The van der Waals surface area contributed by atoms with E-state index in [-0.39, 0.29) is 11.0 Å². The quantitative estimate of drug-likeness (QED) is 0.597. The Bertz CT molecular complexity index is 568. The van der Waals surface area contributed by atoms with Crippen LogP contribution in [0.5, 0.6) is 0 Å². The molecule has 0 saturated heterocycles. The third-order valence-electron chi connectivity index (χ3n) is 2.13. The van der Waals surface area contributed by atoms with E-state index in [4.69, 9.17) is 4.42 Å². The molecule has 17 heavy (non-hydrogen) atoms. The summed E-state index contributed by atoms with van der Waals surface area (Å²) in [6.07, 6.45) is -6.22. The van der Waals surface area contributed by atoms with Gasteiger partial charge in [-0.25, -0.2) is 4.39 Å². The predicted molar refractivity (Wildman–Crippen MR) is 51.2 cm³/mol. The number of para-hydroxylation sites is 1. The van der Waals surface area contributed by atoms with Gasteiger partial charge in [0.15, 0.2) is 17.2 Å². The van der Waals surface area contributed by atoms with E-state index in [1.807, 2.05) is 0 Å². The third-order valence-corrected chi connectivity index (χ3v) is 2.13. The fourth-order valence-corrected chi connectivity index (χ4v) is 1.43. The Hall–Kier alpha value is -1.85. The van der Waals surface area contributed by atoms with Gasteiger partial charge < -0.3 is 4.42 Å². The van der Waals surface area contributed by atoms with Gasteiger partial charge in [0.25, 0.3) is 0 Å². The highest BCUT2D eigenvalue weighted by Crippen LogP contribution is 2.26. The van der Waals surface area contributed by atoms with Gasteiger partial charge in [0, 0.05) is 5.39 Å². The van der Waals surface area contributed by atoms with E-state index in [0.29, 0.717) is 0 Å². The van der Waals surface area contributed by atoms with Gasteiger partial charge in [0.05, 0.1) is 0 Å². The molecular weight excluding hydrogens is 240 g/mol. The molecule has 1 heterocycles. The van der Waals surface area contributed by atoms with Crippen molar-refractivity contribution in [2.75, 3.05) is 0 Å². The Kier molecular flexibility index (Phi) is 2.65. The average molecular weight is 246 g/mol.